The van der Waals surface area contributed by atoms with Crippen LogP contribution in [0.15, 0.2) is 18.2 Å². The van der Waals surface area contributed by atoms with Crippen LogP contribution in [0, 0.1) is 11.8 Å². The number of carbonyl (C=O) groups is 2. The van der Waals surface area contributed by atoms with E-state index in [1.54, 1.807) is 0 Å². The molecule has 0 spiro atoms. The van der Waals surface area contributed by atoms with Crippen molar-refractivity contribution in [3.63, 3.8) is 0 Å². The number of hydrogen-bond donors (Lipinski definition) is 1. The molecule has 124 valence electrons. The predicted octanol–water partition coefficient (Wildman–Crippen LogP) is 3.19. The van der Waals surface area contributed by atoms with E-state index in [-0.39, 0.29) is 29.6 Å². The first-order chi connectivity index (χ1) is 11.1. The second kappa shape index (κ2) is 6.73. The number of carbonyl (C=O) groups excluding carboxylic acids is 2. The van der Waals surface area contributed by atoms with E-state index in [0.717, 1.165) is 18.6 Å². The molecule has 1 saturated carbocycles. The normalized spacial score (nSPS) is 26.7. The van der Waals surface area contributed by atoms with E-state index >= 15 is 0 Å². The molecule has 1 fully saturated rings. The lowest BCUT2D eigenvalue weighted by atomic mass is 9.79. The Labute approximate surface area is 137 Å². The molecule has 0 aliphatic heterocycles. The number of fused-ring (bicyclic) bond motifs is 1. The van der Waals surface area contributed by atoms with Crippen LogP contribution < -0.4 is 10.1 Å². The van der Waals surface area contributed by atoms with Gasteiger partial charge in [-0.3, -0.25) is 9.59 Å². The van der Waals surface area contributed by atoms with E-state index < -0.39 is 0 Å². The average Bonchev–Trinajstić information content (AvgIpc) is 2.91. The summed E-state index contributed by atoms with van der Waals surface area (Å²) in [5.41, 5.74) is 2.41. The molecule has 1 N–H and O–H groups in total. The zero-order valence-electron chi connectivity index (χ0n) is 13.9. The predicted molar refractivity (Wildman–Crippen MR) is 88.3 cm³/mol. The third kappa shape index (κ3) is 3.26. The van der Waals surface area contributed by atoms with Crippen molar-refractivity contribution in [3.8, 4) is 5.75 Å². The Bertz CT molecular complexity index is 611. The molecule has 0 bridgehead atoms. The minimum Gasteiger partial charge on any atom is -0.494 e. The van der Waals surface area contributed by atoms with Crippen LogP contribution in [0.2, 0.25) is 0 Å². The molecule has 4 nitrogen and oxygen atoms in total. The Morgan fingerprint density at radius 1 is 1.30 bits per heavy atom. The monoisotopic (exact) mass is 315 g/mol. The fourth-order valence-corrected chi connectivity index (χ4v) is 3.93. The molecule has 0 heterocycles. The van der Waals surface area contributed by atoms with Crippen LogP contribution in [0.25, 0.3) is 0 Å². The maximum atomic E-state index is 12.6. The van der Waals surface area contributed by atoms with Gasteiger partial charge in [-0.1, -0.05) is 19.1 Å². The Kier molecular flexibility index (Phi) is 4.69. The van der Waals surface area contributed by atoms with Crippen molar-refractivity contribution in [1.29, 1.82) is 0 Å². The first-order valence-corrected chi connectivity index (χ1v) is 8.66. The molecule has 0 unspecified atom stereocenters. The van der Waals surface area contributed by atoms with E-state index in [9.17, 15) is 9.59 Å². The summed E-state index contributed by atoms with van der Waals surface area (Å²) in [6, 6.07) is 6.16. The van der Waals surface area contributed by atoms with E-state index in [1.165, 1.54) is 11.1 Å². The maximum Gasteiger partial charge on any atom is 0.223 e. The standard InChI is InChI=1S/C19H25NO3/c1-3-23-18-6-4-5-15-16(18)9-10-17(15)20-19(22)14-8-7-13(21)11-12(14)2/h4-6,12,14,17H,3,7-11H2,1-2H3,(H,20,22)/t12-,14-,17+/m1/s1. The summed E-state index contributed by atoms with van der Waals surface area (Å²) < 4.78 is 5.70. The minimum atomic E-state index is -0.0353. The summed E-state index contributed by atoms with van der Waals surface area (Å²) in [6.07, 6.45) is 3.62. The van der Waals surface area contributed by atoms with Gasteiger partial charge in [-0.25, -0.2) is 0 Å². The van der Waals surface area contributed by atoms with Crippen molar-refractivity contribution in [2.75, 3.05) is 6.61 Å². The summed E-state index contributed by atoms with van der Waals surface area (Å²) >= 11 is 0. The molecular formula is C19H25NO3. The summed E-state index contributed by atoms with van der Waals surface area (Å²) in [5.74, 6) is 1.44. The largest absolute Gasteiger partial charge is 0.494 e. The Morgan fingerprint density at radius 3 is 2.87 bits per heavy atom. The summed E-state index contributed by atoms with van der Waals surface area (Å²) in [5, 5.41) is 3.21. The highest BCUT2D eigenvalue weighted by molar-refractivity contribution is 5.85. The third-order valence-electron chi connectivity index (χ3n) is 5.15. The van der Waals surface area contributed by atoms with E-state index in [4.69, 9.17) is 4.74 Å². The quantitative estimate of drug-likeness (QED) is 0.928. The van der Waals surface area contributed by atoms with Crippen LogP contribution in [0.1, 0.15) is 56.7 Å². The number of amides is 1. The van der Waals surface area contributed by atoms with Crippen molar-refractivity contribution >= 4 is 11.7 Å². The van der Waals surface area contributed by atoms with Crippen LogP contribution in [-0.2, 0) is 16.0 Å². The lowest BCUT2D eigenvalue weighted by Crippen LogP contribution is -2.39. The molecule has 3 rings (SSSR count). The van der Waals surface area contributed by atoms with Gasteiger partial charge in [0.2, 0.25) is 5.91 Å². The molecule has 4 heteroatoms. The van der Waals surface area contributed by atoms with Gasteiger partial charge in [0.15, 0.2) is 0 Å². The van der Waals surface area contributed by atoms with E-state index in [2.05, 4.69) is 11.4 Å². The highest BCUT2D eigenvalue weighted by Gasteiger charge is 2.34. The number of rotatable bonds is 4. The van der Waals surface area contributed by atoms with Gasteiger partial charge in [0.1, 0.15) is 11.5 Å². The van der Waals surface area contributed by atoms with E-state index in [1.807, 2.05) is 26.0 Å². The molecule has 2 aliphatic carbocycles. The van der Waals surface area contributed by atoms with Crippen molar-refractivity contribution in [3.05, 3.63) is 29.3 Å². The van der Waals surface area contributed by atoms with Gasteiger partial charge in [0, 0.05) is 18.8 Å². The van der Waals surface area contributed by atoms with Crippen LogP contribution in [-0.4, -0.2) is 18.3 Å². The zero-order chi connectivity index (χ0) is 16.4. The lowest BCUT2D eigenvalue weighted by Gasteiger charge is -2.28. The molecule has 1 amide bonds. The molecular weight excluding hydrogens is 290 g/mol. The number of benzene rings is 1. The number of hydrogen-bond acceptors (Lipinski definition) is 3. The average molecular weight is 315 g/mol. The molecule has 3 atom stereocenters. The van der Waals surface area contributed by atoms with Crippen LogP contribution in [0.4, 0.5) is 0 Å². The SMILES string of the molecule is CCOc1cccc2c1CC[C@@H]2NC(=O)[C@@H]1CCC(=O)C[C@H]1C. The Hall–Kier alpha value is -1.84. The van der Waals surface area contributed by atoms with Crippen LogP contribution in [0.5, 0.6) is 5.75 Å². The second-order valence-corrected chi connectivity index (χ2v) is 6.72. The van der Waals surface area contributed by atoms with Crippen molar-refractivity contribution in [2.24, 2.45) is 11.8 Å². The van der Waals surface area contributed by atoms with Crippen molar-refractivity contribution in [1.82, 2.24) is 5.32 Å². The van der Waals surface area contributed by atoms with E-state index in [0.29, 0.717) is 25.9 Å². The highest BCUT2D eigenvalue weighted by Crippen LogP contribution is 2.37. The fraction of sp³-hybridized carbons (Fsp3) is 0.579. The molecule has 0 saturated heterocycles. The zero-order valence-corrected chi connectivity index (χ0v) is 13.9. The van der Waals surface area contributed by atoms with Gasteiger partial charge >= 0.3 is 0 Å². The van der Waals surface area contributed by atoms with Gasteiger partial charge in [-0.2, -0.15) is 0 Å². The van der Waals surface area contributed by atoms with Gasteiger partial charge < -0.3 is 10.1 Å². The number of nitrogens with one attached hydrogen (secondary N) is 1. The topological polar surface area (TPSA) is 55.4 Å². The van der Waals surface area contributed by atoms with Gasteiger partial charge in [0.05, 0.1) is 12.6 Å². The Morgan fingerprint density at radius 2 is 2.13 bits per heavy atom. The Balaban J connectivity index is 1.70. The van der Waals surface area contributed by atoms with Crippen molar-refractivity contribution in [2.45, 2.75) is 52.0 Å². The number of Topliss-reactive ketones (excluding diaryl/α,β-unsaturated/α-hetero) is 1. The molecule has 1 aromatic rings. The third-order valence-corrected chi connectivity index (χ3v) is 5.15. The summed E-state index contributed by atoms with van der Waals surface area (Å²) in [6.45, 7) is 4.65. The number of ketones is 1. The second-order valence-electron chi connectivity index (χ2n) is 6.72. The molecule has 23 heavy (non-hydrogen) atoms. The first-order valence-electron chi connectivity index (χ1n) is 8.66. The summed E-state index contributed by atoms with van der Waals surface area (Å²) in [7, 11) is 0. The highest BCUT2D eigenvalue weighted by atomic mass is 16.5. The van der Waals surface area contributed by atoms with Crippen molar-refractivity contribution < 1.29 is 14.3 Å². The fourth-order valence-electron chi connectivity index (χ4n) is 3.93. The summed E-state index contributed by atoms with van der Waals surface area (Å²) in [4.78, 5) is 24.1. The smallest absolute Gasteiger partial charge is 0.223 e. The minimum absolute atomic E-state index is 0.0353. The molecule has 1 aromatic carbocycles. The van der Waals surface area contributed by atoms with Gasteiger partial charge in [-0.05, 0) is 49.3 Å². The maximum absolute atomic E-state index is 12.6. The number of ether oxygens (including phenoxy) is 1. The van der Waals surface area contributed by atoms with Gasteiger partial charge in [0.25, 0.3) is 0 Å². The lowest BCUT2D eigenvalue weighted by molar-refractivity contribution is -0.131. The van der Waals surface area contributed by atoms with Crippen LogP contribution >= 0.6 is 0 Å². The molecule has 2 aliphatic rings. The first kappa shape index (κ1) is 16.0. The molecule has 0 radical (unpaired) electrons. The van der Waals surface area contributed by atoms with Crippen LogP contribution in [0.3, 0.4) is 0 Å². The molecule has 0 aromatic heterocycles. The van der Waals surface area contributed by atoms with Gasteiger partial charge in [-0.15, -0.1) is 0 Å².